The van der Waals surface area contributed by atoms with E-state index in [9.17, 15) is 14.7 Å². The van der Waals surface area contributed by atoms with Gasteiger partial charge in [-0.15, -0.1) is 0 Å². The van der Waals surface area contributed by atoms with Gasteiger partial charge in [0.2, 0.25) is 11.9 Å². The van der Waals surface area contributed by atoms with E-state index in [2.05, 4.69) is 30.7 Å². The summed E-state index contributed by atoms with van der Waals surface area (Å²) >= 11 is 0. The molecule has 1 atom stereocenters. The molecule has 13 nitrogen and oxygen atoms in total. The van der Waals surface area contributed by atoms with Crippen molar-refractivity contribution < 1.29 is 19.4 Å². The molecule has 0 aliphatic carbocycles. The number of carboxylic acids is 1. The van der Waals surface area contributed by atoms with Gasteiger partial charge in [-0.05, 0) is 38.0 Å². The highest BCUT2D eigenvalue weighted by Crippen LogP contribution is 2.33. The van der Waals surface area contributed by atoms with Crippen LogP contribution in [-0.2, 0) is 11.8 Å². The number of amides is 1. The Kier molecular flexibility index (Phi) is 7.08. The van der Waals surface area contributed by atoms with Crippen molar-refractivity contribution in [1.29, 1.82) is 0 Å². The number of carbonyl (C=O) groups excluding carboxylic acids is 1. The summed E-state index contributed by atoms with van der Waals surface area (Å²) in [5, 5.41) is 20.8. The number of hydrogen-bond donors (Lipinski definition) is 5. The Hall–Kier alpha value is -5.17. The number of anilines is 3. The van der Waals surface area contributed by atoms with Crippen LogP contribution in [0.15, 0.2) is 48.9 Å². The highest BCUT2D eigenvalue weighted by molar-refractivity contribution is 6.06. The topological polar surface area (TPSA) is 166 Å². The summed E-state index contributed by atoms with van der Waals surface area (Å²) < 4.78 is 7.67. The standard InChI is InChI=1S/C29H31N9O4/c1-16-12-32-29(34-23-11-17(2)37(3)36-23)35-25(16)20-13-31-26-19(20)5-4-6-21(26)33-24(39)15-38-10-8-18(14-38)42-22-7-9-30-27(22)28(40)41/h4-7,9,11-13,18,30-31H,8,10,14-15H2,1-3H3,(H,33,39)(H,40,41)(H,32,34,35,36). The third kappa shape index (κ3) is 5.41. The largest absolute Gasteiger partial charge is 0.487 e. The summed E-state index contributed by atoms with van der Waals surface area (Å²) in [4.78, 5) is 41.5. The molecule has 13 heteroatoms. The van der Waals surface area contributed by atoms with Crippen LogP contribution in [0.4, 0.5) is 17.5 Å². The Labute approximate surface area is 240 Å². The molecule has 0 saturated carbocycles. The lowest BCUT2D eigenvalue weighted by atomic mass is 10.1. The monoisotopic (exact) mass is 569 g/mol. The third-order valence-corrected chi connectivity index (χ3v) is 7.38. The summed E-state index contributed by atoms with van der Waals surface area (Å²) in [6.07, 6.45) is 5.70. The second-order valence-corrected chi connectivity index (χ2v) is 10.4. The molecular formula is C29H31N9O4. The van der Waals surface area contributed by atoms with Gasteiger partial charge in [-0.2, -0.15) is 5.10 Å². The van der Waals surface area contributed by atoms with E-state index in [4.69, 9.17) is 9.72 Å². The number of aromatic nitrogens is 6. The van der Waals surface area contributed by atoms with Gasteiger partial charge in [-0.25, -0.2) is 14.8 Å². The molecule has 5 heterocycles. The Balaban J connectivity index is 1.14. The first kappa shape index (κ1) is 27.0. The predicted molar refractivity (Wildman–Crippen MR) is 157 cm³/mol. The van der Waals surface area contributed by atoms with Gasteiger partial charge in [0.05, 0.1) is 23.4 Å². The fourth-order valence-corrected chi connectivity index (χ4v) is 5.20. The zero-order valence-corrected chi connectivity index (χ0v) is 23.4. The van der Waals surface area contributed by atoms with Crippen molar-refractivity contribution in [2.75, 3.05) is 30.3 Å². The van der Waals surface area contributed by atoms with Crippen LogP contribution >= 0.6 is 0 Å². The van der Waals surface area contributed by atoms with Crippen molar-refractivity contribution in [2.24, 2.45) is 7.05 Å². The maximum atomic E-state index is 13.0. The molecule has 42 heavy (non-hydrogen) atoms. The molecular weight excluding hydrogens is 538 g/mol. The van der Waals surface area contributed by atoms with Crippen LogP contribution < -0.4 is 15.4 Å². The lowest BCUT2D eigenvalue weighted by molar-refractivity contribution is -0.117. The van der Waals surface area contributed by atoms with E-state index in [1.165, 1.54) is 6.20 Å². The molecule has 1 saturated heterocycles. The van der Waals surface area contributed by atoms with Crippen molar-refractivity contribution >= 4 is 40.2 Å². The molecule has 6 rings (SSSR count). The van der Waals surface area contributed by atoms with Crippen LogP contribution in [0.1, 0.15) is 28.2 Å². The number of likely N-dealkylation sites (tertiary alicyclic amines) is 1. The van der Waals surface area contributed by atoms with Crippen molar-refractivity contribution in [1.82, 2.24) is 34.6 Å². The highest BCUT2D eigenvalue weighted by atomic mass is 16.5. The number of nitrogens with zero attached hydrogens (tertiary/aromatic N) is 5. The summed E-state index contributed by atoms with van der Waals surface area (Å²) in [7, 11) is 1.88. The van der Waals surface area contributed by atoms with Gasteiger partial charge < -0.3 is 30.4 Å². The molecule has 5 aromatic rings. The van der Waals surface area contributed by atoms with Crippen molar-refractivity contribution in [3.05, 3.63) is 65.9 Å². The number of para-hydroxylation sites is 1. The molecule has 0 radical (unpaired) electrons. The maximum Gasteiger partial charge on any atom is 0.356 e. The Morgan fingerprint density at radius 1 is 1.21 bits per heavy atom. The smallest absolute Gasteiger partial charge is 0.356 e. The van der Waals surface area contributed by atoms with Gasteiger partial charge in [0.25, 0.3) is 0 Å². The third-order valence-electron chi connectivity index (χ3n) is 7.38. The Bertz CT molecular complexity index is 1770. The number of rotatable bonds is 9. The fourth-order valence-electron chi connectivity index (χ4n) is 5.20. The molecule has 0 bridgehead atoms. The quantitative estimate of drug-likeness (QED) is 0.177. The normalized spacial score (nSPS) is 15.3. The number of carboxylic acid groups (broad SMARTS) is 1. The van der Waals surface area contributed by atoms with E-state index in [1.54, 1.807) is 16.9 Å². The van der Waals surface area contributed by atoms with Crippen LogP contribution in [0.3, 0.4) is 0 Å². The molecule has 1 fully saturated rings. The molecule has 4 aromatic heterocycles. The lowest BCUT2D eigenvalue weighted by Crippen LogP contribution is -2.33. The molecule has 1 aromatic carbocycles. The number of benzene rings is 1. The van der Waals surface area contributed by atoms with E-state index < -0.39 is 5.97 Å². The second-order valence-electron chi connectivity index (χ2n) is 10.4. The minimum atomic E-state index is -1.07. The van der Waals surface area contributed by atoms with Crippen LogP contribution in [-0.4, -0.2) is 77.3 Å². The number of nitrogens with one attached hydrogen (secondary N) is 4. The van der Waals surface area contributed by atoms with Crippen LogP contribution in [0.5, 0.6) is 5.75 Å². The number of aromatic amines is 2. The van der Waals surface area contributed by atoms with Gasteiger partial charge in [-0.3, -0.25) is 14.4 Å². The average molecular weight is 570 g/mol. The maximum absolute atomic E-state index is 13.0. The van der Waals surface area contributed by atoms with Gasteiger partial charge in [0, 0.05) is 61.4 Å². The van der Waals surface area contributed by atoms with Crippen molar-refractivity contribution in [3.8, 4) is 17.0 Å². The molecule has 0 spiro atoms. The second kappa shape index (κ2) is 11.0. The SMILES string of the molecule is Cc1cnc(Nc2cc(C)n(C)n2)nc1-c1c[nH]c2c(NC(=O)CN3CCC(Oc4cc[nH]c4C(=O)O)C3)cccc12. The summed E-state index contributed by atoms with van der Waals surface area (Å²) in [6, 6.07) is 9.28. The lowest BCUT2D eigenvalue weighted by Gasteiger charge is -2.16. The van der Waals surface area contributed by atoms with Crippen LogP contribution in [0, 0.1) is 13.8 Å². The van der Waals surface area contributed by atoms with Crippen molar-refractivity contribution in [2.45, 2.75) is 26.4 Å². The number of aromatic carboxylic acids is 1. The van der Waals surface area contributed by atoms with Crippen LogP contribution in [0.25, 0.3) is 22.2 Å². The summed E-state index contributed by atoms with van der Waals surface area (Å²) in [5.74, 6) is 0.191. The first-order valence-electron chi connectivity index (χ1n) is 13.6. The first-order chi connectivity index (χ1) is 20.2. The summed E-state index contributed by atoms with van der Waals surface area (Å²) in [5.41, 5.74) is 5.08. The molecule has 1 unspecified atom stereocenters. The molecule has 1 aliphatic heterocycles. The number of carbonyl (C=O) groups is 2. The number of ether oxygens (including phenoxy) is 1. The van der Waals surface area contributed by atoms with E-state index >= 15 is 0 Å². The van der Waals surface area contributed by atoms with Crippen LogP contribution in [0.2, 0.25) is 0 Å². The number of hydrogen-bond acceptors (Lipinski definition) is 8. The van der Waals surface area contributed by atoms with Gasteiger partial charge in [0.15, 0.2) is 17.3 Å². The molecule has 216 valence electrons. The minimum absolute atomic E-state index is 0.0255. The number of aryl methyl sites for hydroxylation is 3. The van der Waals surface area contributed by atoms with E-state index in [0.717, 1.165) is 33.4 Å². The Morgan fingerprint density at radius 2 is 2.07 bits per heavy atom. The van der Waals surface area contributed by atoms with Gasteiger partial charge in [-0.1, -0.05) is 12.1 Å². The highest BCUT2D eigenvalue weighted by Gasteiger charge is 2.27. The van der Waals surface area contributed by atoms with E-state index in [1.807, 2.05) is 56.3 Å². The Morgan fingerprint density at radius 3 is 2.86 bits per heavy atom. The van der Waals surface area contributed by atoms with Gasteiger partial charge >= 0.3 is 5.97 Å². The van der Waals surface area contributed by atoms with Crippen molar-refractivity contribution in [3.63, 3.8) is 0 Å². The predicted octanol–water partition coefficient (Wildman–Crippen LogP) is 3.84. The number of fused-ring (bicyclic) bond motifs is 1. The first-order valence-corrected chi connectivity index (χ1v) is 13.6. The zero-order chi connectivity index (χ0) is 29.4. The summed E-state index contributed by atoms with van der Waals surface area (Å²) in [6.45, 7) is 5.32. The van der Waals surface area contributed by atoms with Gasteiger partial charge in [0.1, 0.15) is 6.10 Å². The average Bonchev–Trinajstić information content (AvgIpc) is 3.74. The molecule has 1 aliphatic rings. The van der Waals surface area contributed by atoms with E-state index in [-0.39, 0.29) is 24.2 Å². The molecule has 1 amide bonds. The fraction of sp³-hybridized carbons (Fsp3) is 0.276. The number of H-pyrrole nitrogens is 2. The zero-order valence-electron chi connectivity index (χ0n) is 23.4. The minimum Gasteiger partial charge on any atom is -0.487 e. The van der Waals surface area contributed by atoms with E-state index in [0.29, 0.717) is 42.7 Å². The molecule has 5 N–H and O–H groups in total.